The molecule has 0 aromatic heterocycles. The maximum atomic E-state index is 8.46. The first-order valence-electron chi connectivity index (χ1n) is 5.01. The lowest BCUT2D eigenvalue weighted by atomic mass is 10.2. The van der Waals surface area contributed by atoms with Crippen molar-refractivity contribution in [3.63, 3.8) is 0 Å². The molecule has 0 aromatic carbocycles. The van der Waals surface area contributed by atoms with Crippen LogP contribution in [0.15, 0.2) is 5.11 Å². The summed E-state index contributed by atoms with van der Waals surface area (Å²) in [5.41, 5.74) is 8.46. The second-order valence-electron chi connectivity index (χ2n) is 3.92. The van der Waals surface area contributed by atoms with Gasteiger partial charge in [0.05, 0.1) is 25.4 Å². The molecular weight excluding hydrogens is 214 g/mol. The third kappa shape index (κ3) is 3.96. The molecule has 0 aromatic rings. The maximum Gasteiger partial charge on any atom is 0.163 e. The Bertz CT molecular complexity index is 265. The summed E-state index contributed by atoms with van der Waals surface area (Å²) in [7, 11) is 1.53. The van der Waals surface area contributed by atoms with Gasteiger partial charge in [-0.15, -0.1) is 0 Å². The third-order valence-corrected chi connectivity index (χ3v) is 2.15. The van der Waals surface area contributed by atoms with Crippen LogP contribution in [0.2, 0.25) is 0 Å². The van der Waals surface area contributed by atoms with Gasteiger partial charge >= 0.3 is 0 Å². The van der Waals surface area contributed by atoms with Crippen molar-refractivity contribution in [1.82, 2.24) is 0 Å². The quantitative estimate of drug-likeness (QED) is 0.227. The molecule has 1 saturated heterocycles. The molecule has 0 radical (unpaired) electrons. The Labute approximate surface area is 94.2 Å². The van der Waals surface area contributed by atoms with E-state index in [2.05, 4.69) is 10.0 Å². The Hall–Kier alpha value is -0.850. The molecule has 7 heteroatoms. The number of methoxy groups -OCH3 is 1. The molecule has 7 nitrogen and oxygen atoms in total. The van der Waals surface area contributed by atoms with Crippen molar-refractivity contribution >= 4 is 0 Å². The van der Waals surface area contributed by atoms with Crippen LogP contribution in [0.25, 0.3) is 10.4 Å². The summed E-state index contributed by atoms with van der Waals surface area (Å²) in [6.07, 6.45) is -0.275. The monoisotopic (exact) mass is 231 g/mol. The second-order valence-corrected chi connectivity index (χ2v) is 3.92. The third-order valence-electron chi connectivity index (χ3n) is 2.15. The number of rotatable bonds is 6. The first kappa shape index (κ1) is 13.2. The summed E-state index contributed by atoms with van der Waals surface area (Å²) in [4.78, 5) is 2.78. The lowest BCUT2D eigenvalue weighted by molar-refractivity contribution is -0.143. The molecule has 1 aliphatic rings. The summed E-state index contributed by atoms with van der Waals surface area (Å²) < 4.78 is 20.9. The summed E-state index contributed by atoms with van der Waals surface area (Å²) in [6, 6.07) is -0.401. The Morgan fingerprint density at radius 1 is 1.62 bits per heavy atom. The molecule has 1 rings (SSSR count). The van der Waals surface area contributed by atoms with Crippen molar-refractivity contribution < 1.29 is 18.9 Å². The lowest BCUT2D eigenvalue weighted by Gasteiger charge is -2.20. The fraction of sp³-hybridized carbons (Fsp3) is 1.00. The lowest BCUT2D eigenvalue weighted by Crippen LogP contribution is -2.32. The van der Waals surface area contributed by atoms with E-state index in [9.17, 15) is 0 Å². The Balaban J connectivity index is 2.47. The van der Waals surface area contributed by atoms with Crippen LogP contribution in [0.5, 0.6) is 0 Å². The maximum absolute atomic E-state index is 8.46. The summed E-state index contributed by atoms with van der Waals surface area (Å²) in [6.45, 7) is 4.44. The van der Waals surface area contributed by atoms with E-state index in [1.807, 2.05) is 13.8 Å². The average molecular weight is 231 g/mol. The molecular formula is C9H17N3O4. The molecule has 1 aliphatic heterocycles. The number of hydrogen-bond donors (Lipinski definition) is 0. The van der Waals surface area contributed by atoms with Crippen molar-refractivity contribution in [3.05, 3.63) is 10.4 Å². The standard InChI is InChI=1S/C9H17N3O4/c1-9(2)15-5-8(16-9)7(11-12-10)4-14-6-13-3/h7-8H,4-6H2,1-3H3/t7-,8+/m0/s1. The fourth-order valence-corrected chi connectivity index (χ4v) is 1.44. The minimum Gasteiger partial charge on any atom is -0.359 e. The predicted octanol–water partition coefficient (Wildman–Crippen LogP) is 1.44. The normalized spacial score (nSPS) is 25.1. The molecule has 0 saturated carbocycles. The highest BCUT2D eigenvalue weighted by Gasteiger charge is 2.37. The zero-order chi connectivity index (χ0) is 12.0. The SMILES string of the molecule is COCOC[C@H](N=[N+]=[N-])[C@H]1COC(C)(C)O1. The minimum atomic E-state index is -0.630. The highest BCUT2D eigenvalue weighted by atomic mass is 16.7. The molecule has 0 unspecified atom stereocenters. The van der Waals surface area contributed by atoms with E-state index >= 15 is 0 Å². The van der Waals surface area contributed by atoms with E-state index in [4.69, 9.17) is 24.5 Å². The summed E-state index contributed by atoms with van der Waals surface area (Å²) >= 11 is 0. The minimum absolute atomic E-state index is 0.161. The van der Waals surface area contributed by atoms with Crippen LogP contribution in [0.1, 0.15) is 13.8 Å². The Morgan fingerprint density at radius 2 is 2.38 bits per heavy atom. The van der Waals surface area contributed by atoms with Gasteiger partial charge in [-0.3, -0.25) is 0 Å². The first-order valence-corrected chi connectivity index (χ1v) is 5.01. The molecule has 0 amide bonds. The Morgan fingerprint density at radius 3 is 2.88 bits per heavy atom. The van der Waals surface area contributed by atoms with Gasteiger partial charge in [0.2, 0.25) is 0 Å². The van der Waals surface area contributed by atoms with Gasteiger partial charge in [0.15, 0.2) is 5.79 Å². The predicted molar refractivity (Wildman–Crippen MR) is 55.7 cm³/mol. The molecule has 0 N–H and O–H groups in total. The van der Waals surface area contributed by atoms with Gasteiger partial charge < -0.3 is 18.9 Å². The van der Waals surface area contributed by atoms with E-state index in [1.54, 1.807) is 0 Å². The van der Waals surface area contributed by atoms with Gasteiger partial charge in [-0.2, -0.15) is 0 Å². The fourth-order valence-electron chi connectivity index (χ4n) is 1.44. The summed E-state index contributed by atoms with van der Waals surface area (Å²) in [5.74, 6) is -0.630. The molecule has 0 bridgehead atoms. The van der Waals surface area contributed by atoms with Crippen molar-refractivity contribution in [3.8, 4) is 0 Å². The molecule has 16 heavy (non-hydrogen) atoms. The van der Waals surface area contributed by atoms with Gasteiger partial charge in [0.1, 0.15) is 6.79 Å². The smallest absolute Gasteiger partial charge is 0.163 e. The number of hydrogen-bond acceptors (Lipinski definition) is 5. The van der Waals surface area contributed by atoms with Crippen LogP contribution in [-0.4, -0.2) is 45.0 Å². The highest BCUT2D eigenvalue weighted by Crippen LogP contribution is 2.25. The van der Waals surface area contributed by atoms with E-state index < -0.39 is 11.8 Å². The van der Waals surface area contributed by atoms with E-state index in [0.29, 0.717) is 6.61 Å². The Kier molecular flexibility index (Phi) is 4.98. The van der Waals surface area contributed by atoms with Crippen LogP contribution in [0, 0.1) is 0 Å². The number of nitrogens with zero attached hydrogens (tertiary/aromatic N) is 3. The largest absolute Gasteiger partial charge is 0.359 e. The molecule has 0 spiro atoms. The van der Waals surface area contributed by atoms with Gasteiger partial charge in [0.25, 0.3) is 0 Å². The van der Waals surface area contributed by atoms with Crippen LogP contribution < -0.4 is 0 Å². The zero-order valence-corrected chi connectivity index (χ0v) is 9.75. The van der Waals surface area contributed by atoms with E-state index in [0.717, 1.165) is 0 Å². The number of ether oxygens (including phenoxy) is 4. The van der Waals surface area contributed by atoms with E-state index in [1.165, 1.54) is 7.11 Å². The van der Waals surface area contributed by atoms with Gasteiger partial charge in [-0.05, 0) is 19.4 Å². The van der Waals surface area contributed by atoms with Gasteiger partial charge in [-0.1, -0.05) is 5.11 Å². The first-order chi connectivity index (χ1) is 7.59. The topological polar surface area (TPSA) is 85.7 Å². The molecule has 1 fully saturated rings. The van der Waals surface area contributed by atoms with Crippen LogP contribution in [0.4, 0.5) is 0 Å². The van der Waals surface area contributed by atoms with Gasteiger partial charge in [-0.25, -0.2) is 0 Å². The summed E-state index contributed by atoms with van der Waals surface area (Å²) in [5, 5.41) is 3.64. The van der Waals surface area contributed by atoms with Crippen molar-refractivity contribution in [2.75, 3.05) is 27.1 Å². The highest BCUT2D eigenvalue weighted by molar-refractivity contribution is 4.83. The van der Waals surface area contributed by atoms with E-state index in [-0.39, 0.29) is 19.5 Å². The van der Waals surface area contributed by atoms with Crippen LogP contribution in [0.3, 0.4) is 0 Å². The van der Waals surface area contributed by atoms with Gasteiger partial charge in [0, 0.05) is 12.0 Å². The molecule has 0 aliphatic carbocycles. The molecule has 92 valence electrons. The molecule has 2 atom stereocenters. The van der Waals surface area contributed by atoms with Crippen molar-refractivity contribution in [2.24, 2.45) is 5.11 Å². The van der Waals surface area contributed by atoms with Crippen LogP contribution in [-0.2, 0) is 18.9 Å². The van der Waals surface area contributed by atoms with Crippen LogP contribution >= 0.6 is 0 Å². The second kappa shape index (κ2) is 6.03. The van der Waals surface area contributed by atoms with Crippen molar-refractivity contribution in [2.45, 2.75) is 31.8 Å². The number of azide groups is 1. The average Bonchev–Trinajstić information content (AvgIpc) is 2.58. The van der Waals surface area contributed by atoms with Crippen molar-refractivity contribution in [1.29, 1.82) is 0 Å². The molecule has 1 heterocycles. The zero-order valence-electron chi connectivity index (χ0n) is 9.75.